The molecular formula is C17H18F3LiN6O4. The zero-order valence-electron chi connectivity index (χ0n) is 16.4. The van der Waals surface area contributed by atoms with Crippen molar-refractivity contribution in [2.45, 2.75) is 6.18 Å². The number of anilines is 2. The number of carbonyl (C=O) groups is 1. The molecule has 0 saturated carbocycles. The Morgan fingerprint density at radius 1 is 0.935 bits per heavy atom. The van der Waals surface area contributed by atoms with Crippen LogP contribution in [-0.4, -0.2) is 68.0 Å². The van der Waals surface area contributed by atoms with Gasteiger partial charge in [0.05, 0.1) is 5.56 Å². The van der Waals surface area contributed by atoms with Gasteiger partial charge in [-0.05, 0) is 36.4 Å². The number of piperazine rings is 1. The van der Waals surface area contributed by atoms with Gasteiger partial charge in [0, 0.05) is 31.9 Å². The van der Waals surface area contributed by atoms with Crippen LogP contribution in [0.1, 0.15) is 16.2 Å². The Bertz CT molecular complexity index is 1020. The van der Waals surface area contributed by atoms with Crippen LogP contribution in [0.5, 0.6) is 0 Å². The Balaban J connectivity index is 0.00000160. The number of alkyl halides is 3. The molecule has 4 rings (SSSR count). The molecule has 2 aromatic heterocycles. The first kappa shape index (κ1) is 26.2. The van der Waals surface area contributed by atoms with Gasteiger partial charge in [-0.15, -0.1) is 15.3 Å². The number of hydrogen-bond acceptors (Lipinski definition) is 7. The number of aromatic carboxylic acids is 1. The summed E-state index contributed by atoms with van der Waals surface area (Å²) in [6.07, 6.45) is -4.63. The molecule has 14 heteroatoms. The van der Waals surface area contributed by atoms with E-state index in [-0.39, 0.29) is 41.0 Å². The average Bonchev–Trinajstić information content (AvgIpc) is 3.12. The summed E-state index contributed by atoms with van der Waals surface area (Å²) in [5.74, 6) is -1.72. The van der Waals surface area contributed by atoms with Gasteiger partial charge in [-0.25, -0.2) is 4.79 Å². The van der Waals surface area contributed by atoms with E-state index in [1.807, 2.05) is 4.90 Å². The maximum Gasteiger partial charge on any atom is 1.00 e. The molecule has 0 aliphatic carbocycles. The Labute approximate surface area is 186 Å². The maximum atomic E-state index is 13.0. The van der Waals surface area contributed by atoms with Crippen LogP contribution in [0.2, 0.25) is 0 Å². The fourth-order valence-corrected chi connectivity index (χ4v) is 3.13. The summed E-state index contributed by atoms with van der Waals surface area (Å²) < 4.78 is 39.8. The van der Waals surface area contributed by atoms with Crippen LogP contribution in [0.3, 0.4) is 0 Å². The Morgan fingerprint density at radius 3 is 2.06 bits per heavy atom. The van der Waals surface area contributed by atoms with Crippen LogP contribution < -0.4 is 28.7 Å². The number of halogens is 3. The van der Waals surface area contributed by atoms with Gasteiger partial charge in [0.25, 0.3) is 5.82 Å². The molecule has 1 fully saturated rings. The second-order valence-electron chi connectivity index (χ2n) is 6.31. The standard InChI is InChI=1S/C17H15F3N6O2.Li.2H2O/c18-17(19,20)16-22-21-13-5-6-14(23-26(13)16)25-9-7-24(8-10-25)12-3-1-11(2-4-12)15(27)28;;;/h1-6H,7-10H2,(H,27,28);;2*1H2/q;+1;;/p-1. The topological polar surface area (TPSA) is 148 Å². The summed E-state index contributed by atoms with van der Waals surface area (Å²) in [6, 6.07) is 9.67. The monoisotopic (exact) mass is 434 g/mol. The van der Waals surface area contributed by atoms with E-state index < -0.39 is 18.0 Å². The maximum absolute atomic E-state index is 13.0. The molecule has 10 nitrogen and oxygen atoms in total. The number of aromatic nitrogens is 4. The fourth-order valence-electron chi connectivity index (χ4n) is 3.13. The predicted molar refractivity (Wildman–Crippen MR) is 99.2 cm³/mol. The molecule has 31 heavy (non-hydrogen) atoms. The van der Waals surface area contributed by atoms with E-state index in [0.29, 0.717) is 36.5 Å². The van der Waals surface area contributed by atoms with E-state index in [0.717, 1.165) is 5.69 Å². The minimum atomic E-state index is -4.63. The van der Waals surface area contributed by atoms with Crippen molar-refractivity contribution in [2.24, 2.45) is 0 Å². The van der Waals surface area contributed by atoms with Gasteiger partial charge in [0.1, 0.15) is 5.82 Å². The zero-order valence-corrected chi connectivity index (χ0v) is 16.4. The number of hydrogen-bond donors (Lipinski definition) is 1. The molecule has 162 valence electrons. The molecule has 0 amide bonds. The molecule has 1 saturated heterocycles. The summed E-state index contributed by atoms with van der Waals surface area (Å²) in [6.45, 7) is 2.37. The van der Waals surface area contributed by atoms with Crippen LogP contribution in [0.4, 0.5) is 24.7 Å². The van der Waals surface area contributed by atoms with E-state index in [2.05, 4.69) is 20.2 Å². The molecule has 0 radical (unpaired) electrons. The summed E-state index contributed by atoms with van der Waals surface area (Å²) >= 11 is 0. The normalized spacial score (nSPS) is 13.8. The second-order valence-corrected chi connectivity index (χ2v) is 6.31. The molecule has 4 N–H and O–H groups in total. The fraction of sp³-hybridized carbons (Fsp3) is 0.294. The van der Waals surface area contributed by atoms with Crippen molar-refractivity contribution in [3.63, 3.8) is 0 Å². The van der Waals surface area contributed by atoms with Gasteiger partial charge in [-0.3, -0.25) is 0 Å². The van der Waals surface area contributed by atoms with E-state index in [4.69, 9.17) is 5.11 Å². The largest absolute Gasteiger partial charge is 1.00 e. The first-order chi connectivity index (χ1) is 13.3. The average molecular weight is 434 g/mol. The quantitative estimate of drug-likeness (QED) is 0.474. The predicted octanol–water partition coefficient (Wildman–Crippen LogP) is -1.83. The number of nitrogens with zero attached hydrogens (tertiary/aromatic N) is 6. The van der Waals surface area contributed by atoms with Crippen molar-refractivity contribution in [3.05, 3.63) is 47.8 Å². The molecule has 3 heterocycles. The Hall–Kier alpha value is -2.85. The smallest absolute Gasteiger partial charge is 0.870 e. The molecule has 0 unspecified atom stereocenters. The van der Waals surface area contributed by atoms with Crippen molar-refractivity contribution in [3.8, 4) is 0 Å². The third-order valence-electron chi connectivity index (χ3n) is 4.59. The first-order valence-electron chi connectivity index (χ1n) is 8.46. The van der Waals surface area contributed by atoms with Gasteiger partial charge < -0.3 is 25.9 Å². The summed E-state index contributed by atoms with van der Waals surface area (Å²) in [4.78, 5) is 14.9. The molecule has 1 aliphatic rings. The van der Waals surface area contributed by atoms with Gasteiger partial charge in [-0.2, -0.15) is 17.7 Å². The van der Waals surface area contributed by atoms with E-state index in [9.17, 15) is 18.0 Å². The Morgan fingerprint density at radius 2 is 1.52 bits per heavy atom. The van der Waals surface area contributed by atoms with Crippen LogP contribution in [-0.2, 0) is 6.18 Å². The molecule has 1 aliphatic heterocycles. The molecular weight excluding hydrogens is 416 g/mol. The SMILES string of the molecule is O.O=C(O)c1ccc(N2CCN(c3ccc4nnc(C(F)(F)F)n4n3)CC2)cc1.[Li+].[OH-]. The van der Waals surface area contributed by atoms with Crippen LogP contribution in [0, 0.1) is 0 Å². The van der Waals surface area contributed by atoms with Gasteiger partial charge in [0.15, 0.2) is 5.65 Å². The minimum absolute atomic E-state index is 0. The van der Waals surface area contributed by atoms with Crippen molar-refractivity contribution < 1.29 is 52.9 Å². The van der Waals surface area contributed by atoms with E-state index >= 15 is 0 Å². The number of carboxylic acid groups (broad SMARTS) is 1. The second kappa shape index (κ2) is 9.97. The van der Waals surface area contributed by atoms with Gasteiger partial charge >= 0.3 is 31.0 Å². The van der Waals surface area contributed by atoms with Crippen LogP contribution in [0.25, 0.3) is 5.65 Å². The number of fused-ring (bicyclic) bond motifs is 1. The van der Waals surface area contributed by atoms with E-state index in [1.54, 1.807) is 30.3 Å². The summed E-state index contributed by atoms with van der Waals surface area (Å²) in [5, 5.41) is 19.7. The van der Waals surface area contributed by atoms with Crippen molar-refractivity contribution >= 4 is 23.1 Å². The first-order valence-corrected chi connectivity index (χ1v) is 8.46. The Kier molecular flexibility index (Phi) is 8.42. The molecule has 0 spiro atoms. The number of carboxylic acids is 1. The molecule has 0 bridgehead atoms. The van der Waals surface area contributed by atoms with Crippen molar-refractivity contribution in [1.29, 1.82) is 0 Å². The zero-order chi connectivity index (χ0) is 19.9. The number of rotatable bonds is 3. The van der Waals surface area contributed by atoms with Gasteiger partial charge in [0.2, 0.25) is 0 Å². The third kappa shape index (κ3) is 5.26. The third-order valence-corrected chi connectivity index (χ3v) is 4.59. The van der Waals surface area contributed by atoms with Crippen molar-refractivity contribution in [1.82, 2.24) is 19.8 Å². The number of benzene rings is 1. The molecule has 1 aromatic carbocycles. The van der Waals surface area contributed by atoms with Crippen molar-refractivity contribution in [2.75, 3.05) is 36.0 Å². The van der Waals surface area contributed by atoms with E-state index in [1.165, 1.54) is 6.07 Å². The van der Waals surface area contributed by atoms with Crippen LogP contribution in [0.15, 0.2) is 36.4 Å². The summed E-state index contributed by atoms with van der Waals surface area (Å²) in [5.41, 5.74) is 1.15. The van der Waals surface area contributed by atoms with Gasteiger partial charge in [-0.1, -0.05) is 0 Å². The molecule has 3 aromatic rings. The summed E-state index contributed by atoms with van der Waals surface area (Å²) in [7, 11) is 0. The molecule has 0 atom stereocenters. The van der Waals surface area contributed by atoms with Crippen LogP contribution >= 0.6 is 0 Å². The minimum Gasteiger partial charge on any atom is -0.870 e.